The number of carbonyl (C=O) groups excluding carboxylic acids is 1. The number of aliphatic hydroxyl groups is 1. The molecule has 112 valence electrons. The summed E-state index contributed by atoms with van der Waals surface area (Å²) < 4.78 is 5.24. The van der Waals surface area contributed by atoms with Crippen LogP contribution in [0.3, 0.4) is 0 Å². The summed E-state index contributed by atoms with van der Waals surface area (Å²) in [5.74, 6) is -0.386. The number of hydrogen-bond donors (Lipinski definition) is 1. The van der Waals surface area contributed by atoms with E-state index in [1.807, 2.05) is 19.1 Å². The lowest BCUT2D eigenvalue weighted by atomic mass is 10.0. The fourth-order valence-corrected chi connectivity index (χ4v) is 2.42. The van der Waals surface area contributed by atoms with Crippen LogP contribution in [0.4, 0.5) is 0 Å². The summed E-state index contributed by atoms with van der Waals surface area (Å²) in [7, 11) is 0. The second-order valence-corrected chi connectivity index (χ2v) is 4.90. The Balaban J connectivity index is 2.54. The minimum Gasteiger partial charge on any atom is -0.422 e. The van der Waals surface area contributed by atoms with Crippen molar-refractivity contribution in [3.05, 3.63) is 45.8 Å². The van der Waals surface area contributed by atoms with Gasteiger partial charge in [-0.25, -0.2) is 4.79 Å². The molecule has 1 aromatic carbocycles. The average Bonchev–Trinajstić information content (AvgIpc) is 2.47. The van der Waals surface area contributed by atoms with E-state index in [0.717, 1.165) is 11.8 Å². The van der Waals surface area contributed by atoms with Crippen LogP contribution >= 0.6 is 0 Å². The van der Waals surface area contributed by atoms with Gasteiger partial charge in [0.05, 0.1) is 6.61 Å². The first kappa shape index (κ1) is 15.3. The quantitative estimate of drug-likeness (QED) is 0.854. The third kappa shape index (κ3) is 2.97. The molecule has 0 aliphatic carbocycles. The van der Waals surface area contributed by atoms with Gasteiger partial charge in [-0.3, -0.25) is 4.79 Å². The van der Waals surface area contributed by atoms with E-state index in [0.29, 0.717) is 17.7 Å². The third-order valence-electron chi connectivity index (χ3n) is 3.44. The largest absolute Gasteiger partial charge is 0.422 e. The van der Waals surface area contributed by atoms with E-state index < -0.39 is 5.63 Å². The fourth-order valence-electron chi connectivity index (χ4n) is 2.42. The molecule has 0 radical (unpaired) electrons. The molecular formula is C16H19NO4. The van der Waals surface area contributed by atoms with Crippen LogP contribution in [0.5, 0.6) is 0 Å². The molecule has 0 aliphatic heterocycles. The molecule has 5 nitrogen and oxygen atoms in total. The van der Waals surface area contributed by atoms with Gasteiger partial charge in [-0.1, -0.05) is 25.1 Å². The summed E-state index contributed by atoms with van der Waals surface area (Å²) in [5, 5.41) is 9.82. The number of hydrogen-bond acceptors (Lipinski definition) is 4. The van der Waals surface area contributed by atoms with Gasteiger partial charge in [0.2, 0.25) is 0 Å². The van der Waals surface area contributed by atoms with Crippen molar-refractivity contribution in [2.24, 2.45) is 0 Å². The smallest absolute Gasteiger partial charge is 0.349 e. The molecule has 1 heterocycles. The molecule has 1 amide bonds. The molecule has 0 fully saturated rings. The molecule has 0 spiro atoms. The Hall–Kier alpha value is -2.14. The second-order valence-electron chi connectivity index (χ2n) is 4.90. The predicted octanol–water partition coefficient (Wildman–Crippen LogP) is 1.95. The Kier molecular flexibility index (Phi) is 4.75. The first-order valence-electron chi connectivity index (χ1n) is 7.02. The first-order chi connectivity index (χ1) is 10.1. The maximum Gasteiger partial charge on any atom is 0.349 e. The number of aryl methyl sites for hydroxylation is 1. The van der Waals surface area contributed by atoms with Crippen molar-refractivity contribution in [2.75, 3.05) is 19.7 Å². The summed E-state index contributed by atoms with van der Waals surface area (Å²) >= 11 is 0. The Labute approximate surface area is 122 Å². The van der Waals surface area contributed by atoms with Gasteiger partial charge >= 0.3 is 5.63 Å². The van der Waals surface area contributed by atoms with Crippen molar-refractivity contribution in [3.63, 3.8) is 0 Å². The van der Waals surface area contributed by atoms with Gasteiger partial charge in [0, 0.05) is 18.5 Å². The zero-order chi connectivity index (χ0) is 15.4. The molecule has 0 atom stereocenters. The third-order valence-corrected chi connectivity index (χ3v) is 3.44. The maximum atomic E-state index is 12.6. The molecule has 1 N–H and O–H groups in total. The number of aliphatic hydroxyl groups excluding tert-OH is 1. The van der Waals surface area contributed by atoms with E-state index in [-0.39, 0.29) is 24.6 Å². The van der Waals surface area contributed by atoms with Crippen LogP contribution in [-0.4, -0.2) is 35.6 Å². The standard InChI is InChI=1S/C16H19NO4/c1-3-8-17(9-10-18)15(19)14-11(2)12-6-4-5-7-13(12)21-16(14)20/h4-7,18H,3,8-10H2,1-2H3. The topological polar surface area (TPSA) is 70.8 Å². The summed E-state index contributed by atoms with van der Waals surface area (Å²) in [6.45, 7) is 4.25. The Morgan fingerprint density at radius 2 is 2.00 bits per heavy atom. The molecule has 0 unspecified atom stereocenters. The Morgan fingerprint density at radius 3 is 2.67 bits per heavy atom. The summed E-state index contributed by atoms with van der Waals surface area (Å²) in [6, 6.07) is 7.14. The molecular weight excluding hydrogens is 270 g/mol. The van der Waals surface area contributed by atoms with Crippen molar-refractivity contribution in [3.8, 4) is 0 Å². The van der Waals surface area contributed by atoms with Gasteiger partial charge in [0.25, 0.3) is 5.91 Å². The summed E-state index contributed by atoms with van der Waals surface area (Å²) in [6.07, 6.45) is 0.754. The lowest BCUT2D eigenvalue weighted by Crippen LogP contribution is -2.37. The average molecular weight is 289 g/mol. The first-order valence-corrected chi connectivity index (χ1v) is 7.02. The predicted molar refractivity (Wildman–Crippen MR) is 80.5 cm³/mol. The summed E-state index contributed by atoms with van der Waals surface area (Å²) in [5.41, 5.74) is 0.512. The van der Waals surface area contributed by atoms with Crippen molar-refractivity contribution in [1.82, 2.24) is 4.90 Å². The van der Waals surface area contributed by atoms with E-state index in [1.165, 1.54) is 4.90 Å². The molecule has 0 bridgehead atoms. The highest BCUT2D eigenvalue weighted by atomic mass is 16.4. The van der Waals surface area contributed by atoms with Crippen molar-refractivity contribution in [1.29, 1.82) is 0 Å². The van der Waals surface area contributed by atoms with Crippen LogP contribution in [0.1, 0.15) is 29.3 Å². The lowest BCUT2D eigenvalue weighted by Gasteiger charge is -2.21. The van der Waals surface area contributed by atoms with E-state index in [1.54, 1.807) is 19.1 Å². The molecule has 21 heavy (non-hydrogen) atoms. The Morgan fingerprint density at radius 1 is 1.29 bits per heavy atom. The van der Waals surface area contributed by atoms with Crippen LogP contribution in [0.25, 0.3) is 11.0 Å². The highest BCUT2D eigenvalue weighted by Crippen LogP contribution is 2.19. The normalized spacial score (nSPS) is 10.8. The van der Waals surface area contributed by atoms with Crippen LogP contribution in [0.15, 0.2) is 33.5 Å². The zero-order valence-corrected chi connectivity index (χ0v) is 12.3. The highest BCUT2D eigenvalue weighted by molar-refractivity contribution is 5.99. The van der Waals surface area contributed by atoms with Gasteiger partial charge in [-0.05, 0) is 25.0 Å². The van der Waals surface area contributed by atoms with Crippen molar-refractivity contribution < 1.29 is 14.3 Å². The number of para-hydroxylation sites is 1. The van der Waals surface area contributed by atoms with Gasteiger partial charge in [-0.2, -0.15) is 0 Å². The minimum atomic E-state index is -0.629. The van der Waals surface area contributed by atoms with Crippen LogP contribution in [0, 0.1) is 6.92 Å². The SMILES string of the molecule is CCCN(CCO)C(=O)c1c(C)c2ccccc2oc1=O. The number of benzene rings is 1. The number of amides is 1. The number of carbonyl (C=O) groups is 1. The Bertz CT molecular complexity index is 699. The monoisotopic (exact) mass is 289 g/mol. The van der Waals surface area contributed by atoms with Gasteiger partial charge in [-0.15, -0.1) is 0 Å². The maximum absolute atomic E-state index is 12.6. The van der Waals surface area contributed by atoms with Crippen LogP contribution in [-0.2, 0) is 0 Å². The molecule has 0 saturated carbocycles. The number of nitrogens with zero attached hydrogens (tertiary/aromatic N) is 1. The van der Waals surface area contributed by atoms with Crippen LogP contribution in [0.2, 0.25) is 0 Å². The second kappa shape index (κ2) is 6.54. The van der Waals surface area contributed by atoms with Gasteiger partial charge in [0.1, 0.15) is 11.1 Å². The molecule has 5 heteroatoms. The minimum absolute atomic E-state index is 0.0515. The highest BCUT2D eigenvalue weighted by Gasteiger charge is 2.22. The molecule has 0 aliphatic rings. The lowest BCUT2D eigenvalue weighted by molar-refractivity contribution is 0.0717. The van der Waals surface area contributed by atoms with E-state index in [4.69, 9.17) is 9.52 Å². The molecule has 2 aromatic rings. The van der Waals surface area contributed by atoms with Gasteiger partial charge < -0.3 is 14.4 Å². The fraction of sp³-hybridized carbons (Fsp3) is 0.375. The zero-order valence-electron chi connectivity index (χ0n) is 12.3. The molecule has 1 aromatic heterocycles. The molecule has 2 rings (SSSR count). The summed E-state index contributed by atoms with van der Waals surface area (Å²) in [4.78, 5) is 26.2. The van der Waals surface area contributed by atoms with E-state index >= 15 is 0 Å². The molecule has 0 saturated heterocycles. The van der Waals surface area contributed by atoms with Crippen molar-refractivity contribution in [2.45, 2.75) is 20.3 Å². The number of rotatable bonds is 5. The van der Waals surface area contributed by atoms with Crippen molar-refractivity contribution >= 4 is 16.9 Å². The number of fused-ring (bicyclic) bond motifs is 1. The van der Waals surface area contributed by atoms with Gasteiger partial charge in [0.15, 0.2) is 0 Å². The van der Waals surface area contributed by atoms with E-state index in [2.05, 4.69) is 0 Å². The van der Waals surface area contributed by atoms with Crippen LogP contribution < -0.4 is 5.63 Å². The van der Waals surface area contributed by atoms with E-state index in [9.17, 15) is 9.59 Å².